The van der Waals surface area contributed by atoms with E-state index in [4.69, 9.17) is 5.84 Å². The van der Waals surface area contributed by atoms with Crippen LogP contribution >= 0.6 is 12.4 Å². The molecule has 0 bridgehead atoms. The van der Waals surface area contributed by atoms with Gasteiger partial charge in [-0.05, 0) is 18.8 Å². The molecule has 0 atom stereocenters. The first-order valence-corrected chi connectivity index (χ1v) is 4.53. The van der Waals surface area contributed by atoms with Crippen LogP contribution < -0.4 is 11.3 Å². The highest BCUT2D eigenvalue weighted by Crippen LogP contribution is 2.24. The lowest BCUT2D eigenvalue weighted by Crippen LogP contribution is -2.21. The molecule has 0 saturated heterocycles. The summed E-state index contributed by atoms with van der Waals surface area (Å²) < 4.78 is 0. The molecular formula is C9H19ClN2. The summed E-state index contributed by atoms with van der Waals surface area (Å²) in [5, 5.41) is 0. The average Bonchev–Trinajstić information content (AvgIpc) is 2.07. The van der Waals surface area contributed by atoms with Crippen molar-refractivity contribution in [3.8, 4) is 0 Å². The molecule has 0 heterocycles. The van der Waals surface area contributed by atoms with Gasteiger partial charge >= 0.3 is 0 Å². The van der Waals surface area contributed by atoms with Gasteiger partial charge in [-0.15, -0.1) is 12.4 Å². The third-order valence-electron chi connectivity index (χ3n) is 2.29. The topological polar surface area (TPSA) is 38.0 Å². The van der Waals surface area contributed by atoms with Crippen molar-refractivity contribution in [3.63, 3.8) is 0 Å². The van der Waals surface area contributed by atoms with E-state index in [-0.39, 0.29) is 12.4 Å². The normalized spacial score (nSPS) is 19.4. The highest BCUT2D eigenvalue weighted by molar-refractivity contribution is 5.85. The first kappa shape index (κ1) is 11.9. The number of nitrogens with one attached hydrogen (secondary N) is 1. The Morgan fingerprint density at radius 2 is 1.92 bits per heavy atom. The molecule has 0 unspecified atom stereocenters. The first-order chi connectivity index (χ1) is 5.43. The Hall–Kier alpha value is -0.0500. The van der Waals surface area contributed by atoms with Crippen LogP contribution in [0, 0.1) is 5.92 Å². The third-order valence-corrected chi connectivity index (χ3v) is 2.29. The van der Waals surface area contributed by atoms with Crippen LogP contribution in [-0.4, -0.2) is 6.54 Å². The predicted octanol–water partition coefficient (Wildman–Crippen LogP) is 2.01. The van der Waals surface area contributed by atoms with Crippen LogP contribution in [-0.2, 0) is 0 Å². The van der Waals surface area contributed by atoms with Gasteiger partial charge in [-0.25, -0.2) is 0 Å². The zero-order chi connectivity index (χ0) is 7.94. The molecule has 72 valence electrons. The van der Waals surface area contributed by atoms with Gasteiger partial charge in [0, 0.05) is 6.54 Å². The maximum Gasteiger partial charge on any atom is 0.0278 e. The molecule has 1 aliphatic carbocycles. The molecule has 0 aromatic rings. The number of hydrazine groups is 1. The van der Waals surface area contributed by atoms with E-state index < -0.39 is 0 Å². The minimum absolute atomic E-state index is 0. The van der Waals surface area contributed by atoms with Gasteiger partial charge in [0.15, 0.2) is 0 Å². The Bertz CT molecular complexity index is 120. The summed E-state index contributed by atoms with van der Waals surface area (Å²) in [7, 11) is 0. The van der Waals surface area contributed by atoms with E-state index in [0.717, 1.165) is 12.5 Å². The van der Waals surface area contributed by atoms with E-state index in [1.807, 2.05) is 0 Å². The van der Waals surface area contributed by atoms with Crippen molar-refractivity contribution < 1.29 is 0 Å². The zero-order valence-corrected chi connectivity index (χ0v) is 8.28. The van der Waals surface area contributed by atoms with Crippen molar-refractivity contribution in [1.82, 2.24) is 5.43 Å². The van der Waals surface area contributed by atoms with Crippen LogP contribution in [0.1, 0.15) is 32.1 Å². The Balaban J connectivity index is 0.00000121. The van der Waals surface area contributed by atoms with Crippen molar-refractivity contribution in [2.24, 2.45) is 11.8 Å². The zero-order valence-electron chi connectivity index (χ0n) is 7.46. The smallest absolute Gasteiger partial charge is 0.0278 e. The molecule has 3 heteroatoms. The second-order valence-electron chi connectivity index (χ2n) is 3.23. The lowest BCUT2D eigenvalue weighted by atomic mass is 9.89. The van der Waals surface area contributed by atoms with Crippen LogP contribution in [0.3, 0.4) is 0 Å². The molecule has 0 spiro atoms. The van der Waals surface area contributed by atoms with E-state index in [9.17, 15) is 0 Å². The lowest BCUT2D eigenvalue weighted by Gasteiger charge is -2.17. The predicted molar refractivity (Wildman–Crippen MR) is 55.2 cm³/mol. The van der Waals surface area contributed by atoms with Crippen molar-refractivity contribution >= 4 is 12.4 Å². The molecule has 0 radical (unpaired) electrons. The largest absolute Gasteiger partial charge is 0.271 e. The summed E-state index contributed by atoms with van der Waals surface area (Å²) in [4.78, 5) is 0. The lowest BCUT2D eigenvalue weighted by molar-refractivity contribution is 0.419. The van der Waals surface area contributed by atoms with Crippen LogP contribution in [0.2, 0.25) is 0 Å². The molecule has 0 aromatic heterocycles. The third kappa shape index (κ3) is 4.75. The van der Waals surface area contributed by atoms with Crippen molar-refractivity contribution in [2.75, 3.05) is 6.54 Å². The molecule has 0 aromatic carbocycles. The number of halogens is 1. The van der Waals surface area contributed by atoms with Crippen LogP contribution in [0.5, 0.6) is 0 Å². The number of nitrogens with two attached hydrogens (primary N) is 1. The molecule has 0 aliphatic heterocycles. The van der Waals surface area contributed by atoms with Gasteiger partial charge in [0.2, 0.25) is 0 Å². The molecule has 0 amide bonds. The molecule has 1 rings (SSSR count). The van der Waals surface area contributed by atoms with Crippen LogP contribution in [0.15, 0.2) is 12.2 Å². The van der Waals surface area contributed by atoms with Crippen molar-refractivity contribution in [1.29, 1.82) is 0 Å². The minimum Gasteiger partial charge on any atom is -0.271 e. The van der Waals surface area contributed by atoms with Gasteiger partial charge in [0.1, 0.15) is 0 Å². The van der Waals surface area contributed by atoms with E-state index in [0.29, 0.717) is 0 Å². The van der Waals surface area contributed by atoms with Crippen molar-refractivity contribution in [2.45, 2.75) is 32.1 Å². The van der Waals surface area contributed by atoms with E-state index >= 15 is 0 Å². The fraction of sp³-hybridized carbons (Fsp3) is 0.778. The van der Waals surface area contributed by atoms with Gasteiger partial charge in [-0.3, -0.25) is 11.3 Å². The molecule has 3 N–H and O–H groups in total. The van der Waals surface area contributed by atoms with Crippen molar-refractivity contribution in [3.05, 3.63) is 12.2 Å². The monoisotopic (exact) mass is 190 g/mol. The number of hydrogen-bond donors (Lipinski definition) is 2. The molecule has 12 heavy (non-hydrogen) atoms. The average molecular weight is 191 g/mol. The summed E-state index contributed by atoms with van der Waals surface area (Å²) in [5.74, 6) is 5.97. The second-order valence-corrected chi connectivity index (χ2v) is 3.23. The first-order valence-electron chi connectivity index (χ1n) is 4.53. The fourth-order valence-electron chi connectivity index (χ4n) is 1.66. The van der Waals surface area contributed by atoms with Crippen LogP contribution in [0.25, 0.3) is 0 Å². The maximum absolute atomic E-state index is 5.14. The summed E-state index contributed by atoms with van der Waals surface area (Å²) in [6.07, 6.45) is 11.4. The van der Waals surface area contributed by atoms with Gasteiger partial charge < -0.3 is 0 Å². The molecule has 1 saturated carbocycles. The van der Waals surface area contributed by atoms with Gasteiger partial charge in [0.05, 0.1) is 0 Å². The number of hydrogen-bond acceptors (Lipinski definition) is 2. The Labute approximate surface area is 81.0 Å². The Kier molecular flexibility index (Phi) is 7.56. The summed E-state index contributed by atoms with van der Waals surface area (Å²) in [6.45, 7) is 0.802. The fourth-order valence-corrected chi connectivity index (χ4v) is 1.66. The van der Waals surface area contributed by atoms with Gasteiger partial charge in [0.25, 0.3) is 0 Å². The second kappa shape index (κ2) is 7.59. The summed E-state index contributed by atoms with van der Waals surface area (Å²) in [6, 6.07) is 0. The Morgan fingerprint density at radius 3 is 2.50 bits per heavy atom. The number of rotatable bonds is 3. The summed E-state index contributed by atoms with van der Waals surface area (Å²) >= 11 is 0. The number of allylic oxidation sites excluding steroid dienone is 1. The Morgan fingerprint density at radius 1 is 1.25 bits per heavy atom. The van der Waals surface area contributed by atoms with Crippen LogP contribution in [0.4, 0.5) is 0 Å². The standard InChI is InChI=1S/C9H18N2.ClH/c10-11-8-4-7-9-5-2-1-3-6-9;/h4,7,9,11H,1-3,5-6,8,10H2;1H/b7-4+;. The quantitative estimate of drug-likeness (QED) is 0.406. The minimum atomic E-state index is 0. The van der Waals surface area contributed by atoms with E-state index in [2.05, 4.69) is 17.6 Å². The molecule has 1 fully saturated rings. The SMILES string of the molecule is Cl.NNC/C=C/C1CCCCC1. The summed E-state index contributed by atoms with van der Waals surface area (Å²) in [5.41, 5.74) is 2.62. The van der Waals surface area contributed by atoms with Gasteiger partial charge in [-0.1, -0.05) is 31.4 Å². The highest BCUT2D eigenvalue weighted by Gasteiger charge is 2.08. The van der Waals surface area contributed by atoms with E-state index in [1.165, 1.54) is 32.1 Å². The molecule has 1 aliphatic rings. The van der Waals surface area contributed by atoms with Gasteiger partial charge in [-0.2, -0.15) is 0 Å². The highest BCUT2D eigenvalue weighted by atomic mass is 35.5. The van der Waals surface area contributed by atoms with E-state index in [1.54, 1.807) is 0 Å². The maximum atomic E-state index is 5.14. The molecular weight excluding hydrogens is 172 g/mol. The molecule has 2 nitrogen and oxygen atoms in total.